The molecule has 1 fully saturated rings. The number of rotatable bonds is 4. The van der Waals surface area contributed by atoms with Gasteiger partial charge in [0.1, 0.15) is 6.10 Å². The number of aliphatic hydroxyl groups excluding tert-OH is 1. The Bertz CT molecular complexity index is 462. The van der Waals surface area contributed by atoms with Crippen molar-refractivity contribution in [2.45, 2.75) is 51.1 Å². The van der Waals surface area contributed by atoms with Crippen LogP contribution in [-0.4, -0.2) is 16.8 Å². The molecular weight excluding hydrogens is 262 g/mol. The number of carbonyl (C=O) groups is 1. The first-order valence-electron chi connectivity index (χ1n) is 7.09. The van der Waals surface area contributed by atoms with Crippen LogP contribution in [-0.2, 0) is 4.79 Å². The van der Waals surface area contributed by atoms with Gasteiger partial charge in [-0.25, -0.2) is 0 Å². The molecule has 0 amide bonds. The largest absolute Gasteiger partial charge is 0.382 e. The molecule has 1 aliphatic carbocycles. The molecule has 1 aliphatic rings. The summed E-state index contributed by atoms with van der Waals surface area (Å²) in [6.45, 7) is 1.83. The molecule has 0 spiro atoms. The van der Waals surface area contributed by atoms with Gasteiger partial charge >= 0.3 is 5.92 Å². The number of carbonyl (C=O) groups excluding carboxylic acids is 1. The van der Waals surface area contributed by atoms with Crippen molar-refractivity contribution >= 4 is 5.78 Å². The SMILES string of the molecule is Cc1ccc(C(O)C(F)(F)C(=O)C2CCCCC2)cc1. The minimum atomic E-state index is -3.71. The Morgan fingerprint density at radius 3 is 2.30 bits per heavy atom. The highest BCUT2D eigenvalue weighted by Crippen LogP contribution is 2.38. The van der Waals surface area contributed by atoms with E-state index in [1.807, 2.05) is 6.92 Å². The van der Waals surface area contributed by atoms with E-state index in [4.69, 9.17) is 0 Å². The molecule has 0 radical (unpaired) electrons. The fourth-order valence-corrected chi connectivity index (χ4v) is 2.73. The number of benzene rings is 1. The second-order valence-electron chi connectivity index (χ2n) is 5.64. The van der Waals surface area contributed by atoms with Crippen LogP contribution in [0.5, 0.6) is 0 Å². The van der Waals surface area contributed by atoms with Crippen LogP contribution in [0.1, 0.15) is 49.3 Å². The molecule has 0 heterocycles. The number of halogens is 2. The third kappa shape index (κ3) is 3.06. The zero-order valence-electron chi connectivity index (χ0n) is 11.6. The van der Waals surface area contributed by atoms with E-state index in [1.165, 1.54) is 12.1 Å². The van der Waals surface area contributed by atoms with Crippen LogP contribution in [0.2, 0.25) is 0 Å². The van der Waals surface area contributed by atoms with Crippen LogP contribution in [0.4, 0.5) is 8.78 Å². The van der Waals surface area contributed by atoms with Gasteiger partial charge in [0.2, 0.25) is 5.78 Å². The first-order valence-corrected chi connectivity index (χ1v) is 7.09. The molecule has 1 aromatic carbocycles. The molecule has 20 heavy (non-hydrogen) atoms. The van der Waals surface area contributed by atoms with E-state index >= 15 is 0 Å². The molecular formula is C16H20F2O2. The molecule has 1 aromatic rings. The van der Waals surface area contributed by atoms with Crippen LogP contribution in [0.15, 0.2) is 24.3 Å². The summed E-state index contributed by atoms with van der Waals surface area (Å²) in [4.78, 5) is 12.0. The Balaban J connectivity index is 2.15. The number of hydrogen-bond acceptors (Lipinski definition) is 2. The average Bonchev–Trinajstić information content (AvgIpc) is 2.47. The number of Topliss-reactive ketones (excluding diaryl/α,β-unsaturated/α-hetero) is 1. The molecule has 2 nitrogen and oxygen atoms in total. The first kappa shape index (κ1) is 15.1. The highest BCUT2D eigenvalue weighted by atomic mass is 19.3. The normalized spacial score (nSPS) is 18.8. The van der Waals surface area contributed by atoms with Crippen molar-refractivity contribution in [3.8, 4) is 0 Å². The van der Waals surface area contributed by atoms with E-state index in [-0.39, 0.29) is 5.56 Å². The maximum absolute atomic E-state index is 14.2. The molecule has 1 atom stereocenters. The minimum Gasteiger partial charge on any atom is -0.382 e. The molecule has 0 aliphatic heterocycles. The van der Waals surface area contributed by atoms with Crippen molar-refractivity contribution in [1.29, 1.82) is 0 Å². The summed E-state index contributed by atoms with van der Waals surface area (Å²) in [6, 6.07) is 6.20. The Labute approximate surface area is 117 Å². The zero-order chi connectivity index (χ0) is 14.8. The first-order chi connectivity index (χ1) is 9.43. The van der Waals surface area contributed by atoms with Gasteiger partial charge in [-0.2, -0.15) is 8.78 Å². The van der Waals surface area contributed by atoms with Crippen LogP contribution in [0.25, 0.3) is 0 Å². The van der Waals surface area contributed by atoms with Gasteiger partial charge in [-0.15, -0.1) is 0 Å². The lowest BCUT2D eigenvalue weighted by Gasteiger charge is -2.28. The second kappa shape index (κ2) is 6.00. The topological polar surface area (TPSA) is 37.3 Å². The maximum Gasteiger partial charge on any atom is 0.334 e. The van der Waals surface area contributed by atoms with Crippen LogP contribution < -0.4 is 0 Å². The van der Waals surface area contributed by atoms with Crippen molar-refractivity contribution in [3.63, 3.8) is 0 Å². The predicted molar refractivity (Wildman–Crippen MR) is 72.7 cm³/mol. The molecule has 0 aromatic heterocycles. The Kier molecular flexibility index (Phi) is 4.53. The molecule has 0 saturated heterocycles. The standard InChI is InChI=1S/C16H20F2O2/c1-11-7-9-13(10-8-11)15(20)16(17,18)14(19)12-5-3-2-4-6-12/h7-10,12,15,20H,2-6H2,1H3. The van der Waals surface area contributed by atoms with E-state index in [9.17, 15) is 18.7 Å². The van der Waals surface area contributed by atoms with Gasteiger partial charge in [0.05, 0.1) is 0 Å². The van der Waals surface area contributed by atoms with Crippen molar-refractivity contribution in [2.24, 2.45) is 5.92 Å². The van der Waals surface area contributed by atoms with E-state index in [1.54, 1.807) is 12.1 Å². The summed E-state index contributed by atoms with van der Waals surface area (Å²) < 4.78 is 28.4. The van der Waals surface area contributed by atoms with Gasteiger partial charge in [-0.3, -0.25) is 4.79 Å². The van der Waals surface area contributed by atoms with Gasteiger partial charge in [0.15, 0.2) is 0 Å². The number of aryl methyl sites for hydroxylation is 1. The van der Waals surface area contributed by atoms with Gasteiger partial charge in [-0.05, 0) is 25.3 Å². The third-order valence-electron chi connectivity index (χ3n) is 4.04. The quantitative estimate of drug-likeness (QED) is 0.911. The van der Waals surface area contributed by atoms with E-state index in [0.717, 1.165) is 24.8 Å². The average molecular weight is 282 g/mol. The number of ketones is 1. The third-order valence-corrected chi connectivity index (χ3v) is 4.04. The molecule has 2 rings (SSSR count). The Hall–Kier alpha value is -1.29. The highest BCUT2D eigenvalue weighted by molar-refractivity contribution is 5.88. The summed E-state index contributed by atoms with van der Waals surface area (Å²) in [6.07, 6.45) is 1.58. The van der Waals surface area contributed by atoms with Gasteiger partial charge in [0, 0.05) is 5.92 Å². The van der Waals surface area contributed by atoms with Gasteiger partial charge in [-0.1, -0.05) is 49.1 Å². The second-order valence-corrected chi connectivity index (χ2v) is 5.64. The minimum absolute atomic E-state index is 0.0877. The smallest absolute Gasteiger partial charge is 0.334 e. The summed E-state index contributed by atoms with van der Waals surface area (Å²) in [5, 5.41) is 9.87. The Morgan fingerprint density at radius 2 is 1.75 bits per heavy atom. The van der Waals surface area contributed by atoms with E-state index < -0.39 is 23.7 Å². The maximum atomic E-state index is 14.2. The molecule has 1 N–H and O–H groups in total. The monoisotopic (exact) mass is 282 g/mol. The zero-order valence-corrected chi connectivity index (χ0v) is 11.6. The summed E-state index contributed by atoms with van der Waals surface area (Å²) >= 11 is 0. The molecule has 4 heteroatoms. The molecule has 0 bridgehead atoms. The lowest BCUT2D eigenvalue weighted by molar-refractivity contribution is -0.167. The fourth-order valence-electron chi connectivity index (χ4n) is 2.73. The Morgan fingerprint density at radius 1 is 1.20 bits per heavy atom. The fraction of sp³-hybridized carbons (Fsp3) is 0.562. The summed E-state index contributed by atoms with van der Waals surface area (Å²) in [5.41, 5.74) is 1.01. The van der Waals surface area contributed by atoms with Crippen molar-refractivity contribution in [2.75, 3.05) is 0 Å². The van der Waals surface area contributed by atoms with Gasteiger partial charge in [0.25, 0.3) is 0 Å². The number of aliphatic hydroxyl groups is 1. The van der Waals surface area contributed by atoms with Crippen molar-refractivity contribution in [3.05, 3.63) is 35.4 Å². The predicted octanol–water partition coefficient (Wildman–Crippen LogP) is 3.81. The molecule has 1 saturated carbocycles. The van der Waals surface area contributed by atoms with Crippen molar-refractivity contribution < 1.29 is 18.7 Å². The van der Waals surface area contributed by atoms with Crippen molar-refractivity contribution in [1.82, 2.24) is 0 Å². The van der Waals surface area contributed by atoms with Crippen LogP contribution in [0.3, 0.4) is 0 Å². The van der Waals surface area contributed by atoms with Crippen LogP contribution in [0, 0.1) is 12.8 Å². The van der Waals surface area contributed by atoms with Gasteiger partial charge < -0.3 is 5.11 Å². The van der Waals surface area contributed by atoms with Crippen LogP contribution >= 0.6 is 0 Å². The van der Waals surface area contributed by atoms with E-state index in [0.29, 0.717) is 12.8 Å². The molecule has 110 valence electrons. The lowest BCUT2D eigenvalue weighted by atomic mass is 9.82. The molecule has 1 unspecified atom stereocenters. The number of hydrogen-bond donors (Lipinski definition) is 1. The van der Waals surface area contributed by atoms with E-state index in [2.05, 4.69) is 0 Å². The highest BCUT2D eigenvalue weighted by Gasteiger charge is 2.49. The lowest BCUT2D eigenvalue weighted by Crippen LogP contribution is -2.40. The number of alkyl halides is 2. The summed E-state index contributed by atoms with van der Waals surface area (Å²) in [7, 11) is 0. The summed E-state index contributed by atoms with van der Waals surface area (Å²) in [5.74, 6) is -5.43.